The van der Waals surface area contributed by atoms with Crippen molar-refractivity contribution in [1.29, 1.82) is 0 Å². The summed E-state index contributed by atoms with van der Waals surface area (Å²) in [5, 5.41) is 118. The minimum absolute atomic E-state index is 0.107. The summed E-state index contributed by atoms with van der Waals surface area (Å²) in [5.74, 6) is -6.83. The van der Waals surface area contributed by atoms with Crippen LogP contribution in [0.25, 0.3) is 0 Å². The molecule has 3 aliphatic heterocycles. The Hall–Kier alpha value is -3.44. The van der Waals surface area contributed by atoms with E-state index in [4.69, 9.17) is 24.7 Å². The molecule has 19 atom stereocenters. The Morgan fingerprint density at radius 1 is 0.662 bits per heavy atom. The number of aliphatic carboxylic acids is 1. The van der Waals surface area contributed by atoms with Gasteiger partial charge in [-0.2, -0.15) is 0 Å². The van der Waals surface area contributed by atoms with Crippen LogP contribution in [0.3, 0.4) is 0 Å². The Kier molecular flexibility index (Phi) is 23.6. The van der Waals surface area contributed by atoms with Crippen LogP contribution in [0.1, 0.15) is 79.1 Å². The monoisotopic (exact) mass is 923 g/mol. The molecule has 0 aliphatic carbocycles. The van der Waals surface area contributed by atoms with Gasteiger partial charge in [-0.05, 0) is 33.1 Å². The molecule has 65 heavy (non-hydrogen) atoms. The van der Waals surface area contributed by atoms with Gasteiger partial charge in [-0.3, -0.25) is 9.59 Å². The molecule has 18 heteroatoms. The van der Waals surface area contributed by atoms with Crippen LogP contribution in [0.5, 0.6) is 0 Å². The first-order valence-corrected chi connectivity index (χ1v) is 22.3. The Morgan fingerprint density at radius 3 is 1.82 bits per heavy atom. The number of hydrogen-bond donors (Lipinski definition) is 12. The van der Waals surface area contributed by atoms with Crippen LogP contribution in [0.15, 0.2) is 85.1 Å². The van der Waals surface area contributed by atoms with Crippen LogP contribution in [0.2, 0.25) is 0 Å². The maximum Gasteiger partial charge on any atom is 0.311 e. The smallest absolute Gasteiger partial charge is 0.311 e. The van der Waals surface area contributed by atoms with Crippen LogP contribution in [-0.2, 0) is 28.5 Å². The first-order valence-electron chi connectivity index (χ1n) is 22.3. The molecule has 2 unspecified atom stereocenters. The number of cyclic esters (lactones) is 1. The fourth-order valence-corrected chi connectivity index (χ4v) is 7.97. The van der Waals surface area contributed by atoms with E-state index in [1.165, 1.54) is 13.0 Å². The lowest BCUT2D eigenvalue weighted by Gasteiger charge is -2.45. The van der Waals surface area contributed by atoms with E-state index in [1.807, 2.05) is 19.1 Å². The molecule has 3 aliphatic rings. The predicted molar refractivity (Wildman–Crippen MR) is 237 cm³/mol. The van der Waals surface area contributed by atoms with E-state index in [1.54, 1.807) is 80.7 Å². The van der Waals surface area contributed by atoms with E-state index in [2.05, 4.69) is 0 Å². The van der Waals surface area contributed by atoms with E-state index < -0.39 is 147 Å². The number of carboxylic acids is 1. The highest BCUT2D eigenvalue weighted by Gasteiger charge is 2.51. The molecule has 0 aromatic heterocycles. The van der Waals surface area contributed by atoms with Crippen LogP contribution >= 0.6 is 0 Å². The number of rotatable bonds is 3. The zero-order valence-electron chi connectivity index (χ0n) is 37.6. The van der Waals surface area contributed by atoms with Gasteiger partial charge in [-0.15, -0.1) is 0 Å². The second-order valence-electron chi connectivity index (χ2n) is 17.6. The third-order valence-electron chi connectivity index (χ3n) is 12.0. The van der Waals surface area contributed by atoms with Crippen molar-refractivity contribution in [2.75, 3.05) is 0 Å². The molecule has 0 saturated carbocycles. The molecule has 2 bridgehead atoms. The fourth-order valence-electron chi connectivity index (χ4n) is 7.97. The number of fused-ring (bicyclic) bond motifs is 2. The quantitative estimate of drug-likeness (QED) is 0.174. The van der Waals surface area contributed by atoms with Crippen LogP contribution in [0, 0.1) is 17.8 Å². The van der Waals surface area contributed by atoms with Crippen LogP contribution in [0.4, 0.5) is 0 Å². The molecule has 2 fully saturated rings. The van der Waals surface area contributed by atoms with Gasteiger partial charge in [-0.1, -0.05) is 98.9 Å². The summed E-state index contributed by atoms with van der Waals surface area (Å²) in [5.41, 5.74) is 6.02. The van der Waals surface area contributed by atoms with Gasteiger partial charge < -0.3 is 80.9 Å². The van der Waals surface area contributed by atoms with E-state index in [-0.39, 0.29) is 31.6 Å². The van der Waals surface area contributed by atoms with E-state index >= 15 is 0 Å². The Bertz CT molecular complexity index is 1670. The van der Waals surface area contributed by atoms with Crippen molar-refractivity contribution in [3.05, 3.63) is 85.1 Å². The lowest BCUT2D eigenvalue weighted by Crippen LogP contribution is -2.61. The highest BCUT2D eigenvalue weighted by molar-refractivity contribution is 5.71. The molecule has 3 heterocycles. The van der Waals surface area contributed by atoms with Crippen molar-refractivity contribution in [1.82, 2.24) is 0 Å². The van der Waals surface area contributed by atoms with Gasteiger partial charge in [0.15, 0.2) is 12.1 Å². The standard InChI is InChI=1S/C47H73NO17/c1-27-17-15-13-11-9-7-5-6-8-10-12-14-16-18-34(64-46-44(58)41(48)43(57)30(4)63-46)24-38-40(45(59)60)37(54)26-47(61,65-38)25-33(51)22-36(53)35(52)20-19-31(49)21-32(50)23-39(55)62-29(3)28(2)42(27)56/h5-18,27-38,40-44,46,49-54,56-58,61H,19-26,48H2,1-4H3,(H,59,60)/b6-5+,9-7+,10-8+,13-11+,14-12+,17-15+,18-16+/t27-,28-,29-,30-,31+,32+,33-,34-,35+,36+,37-,38-,40+,41+,42+,43-,44+,46?,47?/m0/s1. The number of hydrogen-bond acceptors (Lipinski definition) is 17. The molecule has 0 aromatic carbocycles. The fraction of sp³-hybridized carbons (Fsp3) is 0.660. The van der Waals surface area contributed by atoms with Crippen molar-refractivity contribution >= 4 is 11.9 Å². The number of nitrogens with two attached hydrogens (primary N) is 1. The molecule has 2 saturated heterocycles. The normalized spacial score (nSPS) is 45.5. The average molecular weight is 924 g/mol. The topological polar surface area (TPSA) is 320 Å². The molecular weight excluding hydrogens is 851 g/mol. The molecule has 3 rings (SSSR count). The molecule has 13 N–H and O–H groups in total. The highest BCUT2D eigenvalue weighted by Crippen LogP contribution is 2.38. The largest absolute Gasteiger partial charge is 0.481 e. The molecule has 368 valence electrons. The Balaban J connectivity index is 1.86. The number of ether oxygens (including phenoxy) is 4. The van der Waals surface area contributed by atoms with E-state index in [0.29, 0.717) is 0 Å². The summed E-state index contributed by atoms with van der Waals surface area (Å²) in [6.45, 7) is 6.74. The summed E-state index contributed by atoms with van der Waals surface area (Å²) in [6, 6.07) is -1.15. The lowest BCUT2D eigenvalue weighted by atomic mass is 9.82. The summed E-state index contributed by atoms with van der Waals surface area (Å²) in [7, 11) is 0. The highest BCUT2D eigenvalue weighted by atomic mass is 16.7. The zero-order valence-corrected chi connectivity index (χ0v) is 37.6. The molecule has 0 spiro atoms. The van der Waals surface area contributed by atoms with Crippen molar-refractivity contribution in [3.8, 4) is 0 Å². The molecule has 0 radical (unpaired) electrons. The summed E-state index contributed by atoms with van der Waals surface area (Å²) >= 11 is 0. The van der Waals surface area contributed by atoms with Crippen LogP contribution in [-0.4, -0.2) is 166 Å². The van der Waals surface area contributed by atoms with Gasteiger partial charge in [0, 0.05) is 37.5 Å². The number of aliphatic hydroxyl groups is 10. The van der Waals surface area contributed by atoms with Gasteiger partial charge in [0.25, 0.3) is 0 Å². The van der Waals surface area contributed by atoms with Crippen molar-refractivity contribution < 1.29 is 84.7 Å². The van der Waals surface area contributed by atoms with Gasteiger partial charge in [-0.25, -0.2) is 0 Å². The minimum atomic E-state index is -2.33. The first kappa shape index (κ1) is 55.9. The lowest BCUT2D eigenvalue weighted by molar-refractivity contribution is -0.308. The summed E-state index contributed by atoms with van der Waals surface area (Å²) in [4.78, 5) is 25.1. The Labute approximate surface area is 381 Å². The molecular formula is C47H73NO17. The van der Waals surface area contributed by atoms with Gasteiger partial charge in [0.05, 0.1) is 79.6 Å². The van der Waals surface area contributed by atoms with Crippen molar-refractivity contribution in [3.63, 3.8) is 0 Å². The zero-order chi connectivity index (χ0) is 48.4. The summed E-state index contributed by atoms with van der Waals surface area (Å²) in [6.07, 6.45) is 3.46. The minimum Gasteiger partial charge on any atom is -0.481 e. The SMILES string of the molecule is C[C@@H]1[C@H](O)[C@@H](C)/C=C/C=C/C=C/C=C/C=C/C=C/C=C/[C@H](OC2O[C@@H](C)[C@H](O)[C@@H](N)[C@H]2O)C[C@@H]2OC(O)(C[C@@H](O)C[C@@H](O)[C@H](O)CC[C@@H](O)C[C@@H](O)CC(=O)O[C@H]1C)C[C@H](O)[C@H]2C(=O)O. The number of allylic oxidation sites excluding steroid dienone is 12. The number of esters is 1. The third-order valence-corrected chi connectivity index (χ3v) is 12.0. The number of carbonyl (C=O) groups excluding carboxylic acids is 1. The molecule has 0 amide bonds. The second-order valence-corrected chi connectivity index (χ2v) is 17.6. The second kappa shape index (κ2) is 27.4. The van der Waals surface area contributed by atoms with Crippen molar-refractivity contribution in [2.45, 2.75) is 177 Å². The van der Waals surface area contributed by atoms with E-state index in [9.17, 15) is 65.8 Å². The third kappa shape index (κ3) is 18.6. The molecule has 18 nitrogen and oxygen atoms in total. The Morgan fingerprint density at radius 2 is 1.23 bits per heavy atom. The maximum absolute atomic E-state index is 12.6. The first-order chi connectivity index (χ1) is 30.6. The van der Waals surface area contributed by atoms with Gasteiger partial charge in [0.1, 0.15) is 18.1 Å². The average Bonchev–Trinajstić information content (AvgIpc) is 3.21. The number of aliphatic hydroxyl groups excluding tert-OH is 9. The predicted octanol–water partition coefficient (Wildman–Crippen LogP) is 0.712. The van der Waals surface area contributed by atoms with Crippen molar-refractivity contribution in [2.24, 2.45) is 23.5 Å². The van der Waals surface area contributed by atoms with Gasteiger partial charge >= 0.3 is 11.9 Å². The number of carboxylic acid groups (broad SMARTS) is 1. The number of carbonyl (C=O) groups is 2. The van der Waals surface area contributed by atoms with Gasteiger partial charge in [0.2, 0.25) is 0 Å². The molecule has 0 aromatic rings. The van der Waals surface area contributed by atoms with E-state index in [0.717, 1.165) is 0 Å². The maximum atomic E-state index is 12.6. The van der Waals surface area contributed by atoms with Crippen LogP contribution < -0.4 is 5.73 Å². The summed E-state index contributed by atoms with van der Waals surface area (Å²) < 4.78 is 23.1.